The summed E-state index contributed by atoms with van der Waals surface area (Å²) >= 11 is 0. The van der Waals surface area contributed by atoms with Gasteiger partial charge >= 0.3 is 0 Å². The molecule has 0 saturated carbocycles. The second-order valence-corrected chi connectivity index (χ2v) is 5.67. The molecule has 3 rings (SSSR count). The number of H-pyrrole nitrogens is 1. The Hall–Kier alpha value is -2.33. The molecule has 0 aliphatic carbocycles. The van der Waals surface area contributed by atoms with E-state index in [0.717, 1.165) is 16.7 Å². The summed E-state index contributed by atoms with van der Waals surface area (Å²) in [5.74, 6) is 0.360. The average Bonchev–Trinajstić information content (AvgIpc) is 2.87. The average molecular weight is 344 g/mol. The number of hydrogen-bond donors (Lipinski definition) is 1. The lowest BCUT2D eigenvalue weighted by atomic mass is 9.95. The van der Waals surface area contributed by atoms with Crippen LogP contribution in [-0.4, -0.2) is 32.8 Å². The van der Waals surface area contributed by atoms with Crippen LogP contribution in [0.4, 0.5) is 0 Å². The number of benzene rings is 1. The molecule has 24 heavy (non-hydrogen) atoms. The van der Waals surface area contributed by atoms with E-state index in [-0.39, 0.29) is 15.7 Å². The molecular formula is C17H21N4O2P. The lowest BCUT2D eigenvalue weighted by molar-refractivity contribution is 0.103. The Morgan fingerprint density at radius 2 is 1.67 bits per heavy atom. The topological polar surface area (TPSA) is 80.8 Å². The van der Waals surface area contributed by atoms with Gasteiger partial charge in [0.1, 0.15) is 17.0 Å². The minimum atomic E-state index is -0.137. The highest BCUT2D eigenvalue weighted by Gasteiger charge is 2.22. The van der Waals surface area contributed by atoms with E-state index in [2.05, 4.69) is 19.9 Å². The molecule has 2 heterocycles. The van der Waals surface area contributed by atoms with E-state index in [9.17, 15) is 4.79 Å². The smallest absolute Gasteiger partial charge is 0.295 e. The number of aromatic amines is 1. The molecular weight excluding hydrogens is 323 g/mol. The van der Waals surface area contributed by atoms with Gasteiger partial charge in [0.15, 0.2) is 5.65 Å². The van der Waals surface area contributed by atoms with Gasteiger partial charge in [0.05, 0.1) is 7.11 Å². The van der Waals surface area contributed by atoms with E-state index >= 15 is 0 Å². The summed E-state index contributed by atoms with van der Waals surface area (Å²) in [7, 11) is 1.51. The van der Waals surface area contributed by atoms with Crippen LogP contribution in [0.25, 0.3) is 11.2 Å². The Morgan fingerprint density at radius 1 is 1.04 bits per heavy atom. The highest BCUT2D eigenvalue weighted by Crippen LogP contribution is 2.24. The Labute approximate surface area is 143 Å². The number of nitrogens with one attached hydrogen (secondary N) is 1. The summed E-state index contributed by atoms with van der Waals surface area (Å²) in [6.07, 6.45) is 0. The normalized spacial score (nSPS) is 10.5. The van der Waals surface area contributed by atoms with Crippen molar-refractivity contribution in [2.45, 2.75) is 27.7 Å². The van der Waals surface area contributed by atoms with Gasteiger partial charge in [-0.1, -0.05) is 17.7 Å². The molecule has 3 aromatic rings. The van der Waals surface area contributed by atoms with E-state index in [0.29, 0.717) is 34.3 Å². The Balaban J connectivity index is 0.00000208. The van der Waals surface area contributed by atoms with Gasteiger partial charge in [-0.25, -0.2) is 9.97 Å². The van der Waals surface area contributed by atoms with Crippen LogP contribution >= 0.6 is 9.90 Å². The van der Waals surface area contributed by atoms with Crippen LogP contribution in [0.5, 0.6) is 6.01 Å². The van der Waals surface area contributed by atoms with E-state index in [1.807, 2.05) is 32.9 Å². The van der Waals surface area contributed by atoms with Crippen molar-refractivity contribution in [1.82, 2.24) is 19.9 Å². The molecule has 0 amide bonds. The number of rotatable bonds is 3. The molecule has 1 N–H and O–H groups in total. The molecule has 0 spiro atoms. The zero-order valence-electron chi connectivity index (χ0n) is 14.5. The maximum atomic E-state index is 13.1. The van der Waals surface area contributed by atoms with Crippen LogP contribution in [-0.2, 0) is 0 Å². The fourth-order valence-corrected chi connectivity index (χ4v) is 2.90. The molecule has 0 radical (unpaired) electrons. The minimum absolute atomic E-state index is 0. The Morgan fingerprint density at radius 3 is 2.25 bits per heavy atom. The van der Waals surface area contributed by atoms with Crippen molar-refractivity contribution in [3.05, 3.63) is 45.9 Å². The zero-order valence-corrected chi connectivity index (χ0v) is 15.9. The van der Waals surface area contributed by atoms with Crippen molar-refractivity contribution >= 4 is 26.8 Å². The summed E-state index contributed by atoms with van der Waals surface area (Å²) in [6, 6.07) is 4.31. The SMILES string of the molecule is COc1nc2nc(C)nc(C(=O)c3c(C)cc(C)cc3C)c2[nH]1.P. The maximum absolute atomic E-state index is 13.1. The first-order valence-electron chi connectivity index (χ1n) is 7.31. The highest BCUT2D eigenvalue weighted by molar-refractivity contribution is 6.92. The number of nitrogens with zero attached hydrogens (tertiary/aromatic N) is 3. The predicted molar refractivity (Wildman–Crippen MR) is 98.2 cm³/mol. The number of methoxy groups -OCH3 is 1. The Bertz CT molecular complexity index is 911. The van der Waals surface area contributed by atoms with Crippen molar-refractivity contribution in [2.75, 3.05) is 7.11 Å². The van der Waals surface area contributed by atoms with Gasteiger partial charge < -0.3 is 9.72 Å². The quantitative estimate of drug-likeness (QED) is 0.584. The molecule has 0 aliphatic heterocycles. The number of ether oxygens (including phenoxy) is 1. The highest BCUT2D eigenvalue weighted by atomic mass is 31.0. The number of imidazole rings is 1. The van der Waals surface area contributed by atoms with Crippen LogP contribution in [0.2, 0.25) is 0 Å². The van der Waals surface area contributed by atoms with Gasteiger partial charge in [0.25, 0.3) is 6.01 Å². The number of fused-ring (bicyclic) bond motifs is 1. The summed E-state index contributed by atoms with van der Waals surface area (Å²) in [4.78, 5) is 28.9. The monoisotopic (exact) mass is 344 g/mol. The number of carbonyl (C=O) groups is 1. The minimum Gasteiger partial charge on any atom is -0.468 e. The molecule has 0 aliphatic rings. The third kappa shape index (κ3) is 3.02. The van der Waals surface area contributed by atoms with Gasteiger partial charge in [-0.05, 0) is 38.8 Å². The van der Waals surface area contributed by atoms with Gasteiger partial charge in [-0.15, -0.1) is 0 Å². The van der Waals surface area contributed by atoms with E-state index in [1.54, 1.807) is 6.92 Å². The maximum Gasteiger partial charge on any atom is 0.295 e. The number of carbonyl (C=O) groups excluding carboxylic acids is 1. The zero-order chi connectivity index (χ0) is 16.7. The fraction of sp³-hybridized carbons (Fsp3) is 0.294. The van der Waals surface area contributed by atoms with Crippen LogP contribution < -0.4 is 4.74 Å². The summed E-state index contributed by atoms with van der Waals surface area (Å²) < 4.78 is 5.10. The van der Waals surface area contributed by atoms with Crippen LogP contribution in [0, 0.1) is 27.7 Å². The van der Waals surface area contributed by atoms with Gasteiger partial charge in [0.2, 0.25) is 5.78 Å². The summed E-state index contributed by atoms with van der Waals surface area (Å²) in [5.41, 5.74) is 4.91. The van der Waals surface area contributed by atoms with Crippen molar-refractivity contribution in [3.8, 4) is 6.01 Å². The number of ketones is 1. The molecule has 0 saturated heterocycles. The number of aryl methyl sites for hydroxylation is 4. The van der Waals surface area contributed by atoms with Gasteiger partial charge in [0, 0.05) is 5.56 Å². The fourth-order valence-electron chi connectivity index (χ4n) is 2.90. The van der Waals surface area contributed by atoms with Gasteiger partial charge in [-0.3, -0.25) is 4.79 Å². The first-order valence-corrected chi connectivity index (χ1v) is 7.31. The number of aromatic nitrogens is 4. The lowest BCUT2D eigenvalue weighted by Crippen LogP contribution is -2.11. The first kappa shape index (κ1) is 18.0. The standard InChI is InChI=1S/C17H18N4O2.H3P/c1-8-6-9(2)12(10(3)7-8)15(22)13-14-16(19-11(4)18-13)21-17(20-14)23-5;/h6-7H,1-5H3,(H,18,19,20,21);1H3. The molecule has 0 fully saturated rings. The van der Waals surface area contributed by atoms with E-state index in [1.165, 1.54) is 7.11 Å². The third-order valence-corrected chi connectivity index (χ3v) is 3.75. The molecule has 0 bridgehead atoms. The number of hydrogen-bond acceptors (Lipinski definition) is 5. The van der Waals surface area contributed by atoms with Crippen molar-refractivity contribution in [2.24, 2.45) is 0 Å². The molecule has 1 unspecified atom stereocenters. The largest absolute Gasteiger partial charge is 0.468 e. The Kier molecular flexibility index (Phi) is 4.99. The molecule has 1 aromatic carbocycles. The van der Waals surface area contributed by atoms with Crippen LogP contribution in [0.1, 0.15) is 38.6 Å². The van der Waals surface area contributed by atoms with Gasteiger partial charge in [-0.2, -0.15) is 14.9 Å². The first-order chi connectivity index (χ1) is 10.9. The van der Waals surface area contributed by atoms with Crippen molar-refractivity contribution in [1.29, 1.82) is 0 Å². The predicted octanol–water partition coefficient (Wildman–Crippen LogP) is 2.88. The van der Waals surface area contributed by atoms with E-state index < -0.39 is 0 Å². The summed E-state index contributed by atoms with van der Waals surface area (Å²) in [5, 5.41) is 0. The third-order valence-electron chi connectivity index (χ3n) is 3.75. The van der Waals surface area contributed by atoms with E-state index in [4.69, 9.17) is 4.74 Å². The van der Waals surface area contributed by atoms with Crippen molar-refractivity contribution in [3.63, 3.8) is 0 Å². The molecule has 126 valence electrons. The molecule has 1 atom stereocenters. The lowest BCUT2D eigenvalue weighted by Gasteiger charge is -2.10. The molecule has 6 nitrogen and oxygen atoms in total. The summed E-state index contributed by atoms with van der Waals surface area (Å²) in [6.45, 7) is 7.63. The van der Waals surface area contributed by atoms with Crippen LogP contribution in [0.15, 0.2) is 12.1 Å². The second-order valence-electron chi connectivity index (χ2n) is 5.67. The van der Waals surface area contributed by atoms with Crippen LogP contribution in [0.3, 0.4) is 0 Å². The molecule has 2 aromatic heterocycles. The van der Waals surface area contributed by atoms with Crippen molar-refractivity contribution < 1.29 is 9.53 Å². The second kappa shape index (κ2) is 6.65. The molecule has 7 heteroatoms.